The second-order valence-corrected chi connectivity index (χ2v) is 17.1. The van der Waals surface area contributed by atoms with E-state index in [1.807, 2.05) is 97.9 Å². The van der Waals surface area contributed by atoms with Gasteiger partial charge in [0.25, 0.3) is 0 Å². The topological polar surface area (TPSA) is 250 Å². The maximum atomic E-state index is 14.0. The Morgan fingerprint density at radius 2 is 1.28 bits per heavy atom. The zero-order valence-electron chi connectivity index (χ0n) is 38.1. The summed E-state index contributed by atoms with van der Waals surface area (Å²) < 4.78 is 0. The summed E-state index contributed by atoms with van der Waals surface area (Å²) in [7, 11) is 0. The largest absolute Gasteiger partial charge is 0.337 e. The minimum Gasteiger partial charge on any atom is -0.337 e. The van der Waals surface area contributed by atoms with Crippen LogP contribution < -0.4 is 10.6 Å². The highest BCUT2D eigenvalue weighted by Gasteiger charge is 2.23. The van der Waals surface area contributed by atoms with Crippen molar-refractivity contribution in [3.05, 3.63) is 146 Å². The molecular weight excluding hydrogens is 893 g/mol. The molecule has 10 aromatic heterocycles. The summed E-state index contributed by atoms with van der Waals surface area (Å²) in [5.74, 6) is 0.876. The molecule has 1 atom stereocenters. The number of hydrogen-bond acceptors (Lipinski definition) is 12. The average Bonchev–Trinajstić information content (AvgIpc) is 4.24. The number of anilines is 2. The SMILES string of the molecule is CCC(=O)Nc1ccc(-c2cnc3n[nH]c(-c4nc5c(CC(C)C(=O)Nc6cncc(-c7cnc8n[nH]c(-c9nc%10c(-c%11ccccn%11)cccc%10[nH]9)c8c7)c6)ccc(-c6ccccn6)c5[nH]4)c3c2)cn1. The quantitative estimate of drug-likeness (QED) is 0.0670. The van der Waals surface area contributed by atoms with Gasteiger partial charge in [-0.15, -0.1) is 0 Å². The van der Waals surface area contributed by atoms with Gasteiger partial charge < -0.3 is 20.6 Å². The molecule has 0 radical (unpaired) electrons. The Morgan fingerprint density at radius 3 is 1.97 bits per heavy atom. The summed E-state index contributed by atoms with van der Waals surface area (Å²) in [5, 5.41) is 22.6. The van der Waals surface area contributed by atoms with Crippen molar-refractivity contribution < 1.29 is 9.59 Å². The Balaban J connectivity index is 0.811. The maximum Gasteiger partial charge on any atom is 0.227 e. The van der Waals surface area contributed by atoms with Gasteiger partial charge in [0, 0.05) is 82.9 Å². The molecule has 10 heterocycles. The van der Waals surface area contributed by atoms with Crippen molar-refractivity contribution in [2.75, 3.05) is 10.6 Å². The van der Waals surface area contributed by atoms with Gasteiger partial charge in [-0.3, -0.25) is 34.7 Å². The molecule has 0 bridgehead atoms. The number of aromatic nitrogens is 14. The van der Waals surface area contributed by atoms with Crippen LogP contribution in [0.15, 0.2) is 140 Å². The highest BCUT2D eigenvalue weighted by molar-refractivity contribution is 6.00. The molecule has 344 valence electrons. The Hall–Kier alpha value is -9.84. The van der Waals surface area contributed by atoms with E-state index in [0.29, 0.717) is 64.2 Å². The van der Waals surface area contributed by atoms with Gasteiger partial charge in [0.15, 0.2) is 22.9 Å². The van der Waals surface area contributed by atoms with Crippen LogP contribution in [0, 0.1) is 5.92 Å². The third-order valence-electron chi connectivity index (χ3n) is 12.4. The van der Waals surface area contributed by atoms with Crippen LogP contribution in [-0.4, -0.2) is 82.0 Å². The molecule has 12 aromatic rings. The first-order valence-electron chi connectivity index (χ1n) is 22.9. The van der Waals surface area contributed by atoms with E-state index in [1.54, 1.807) is 56.4 Å². The monoisotopic (exact) mass is 932 g/mol. The van der Waals surface area contributed by atoms with Gasteiger partial charge in [0.2, 0.25) is 11.8 Å². The van der Waals surface area contributed by atoms with Gasteiger partial charge in [0.1, 0.15) is 17.2 Å². The van der Waals surface area contributed by atoms with Crippen LogP contribution >= 0.6 is 0 Å². The fourth-order valence-corrected chi connectivity index (χ4v) is 8.74. The van der Waals surface area contributed by atoms with Crippen molar-refractivity contribution in [3.8, 4) is 67.8 Å². The standard InChI is InChI=1S/C53H40N16O2/c1-3-43(70)62-42-16-14-30(24-57-42)32-21-37-48(67-69-49(37)58-25-32)52-63-44-29(13-15-36(46(44)65-52)40-11-5-7-18-56-40)19-28(2)53(71)60-34-20-31(23-54-27-34)33-22-38-47(66-68-50(38)59-26-33)51-61-41-12-8-9-35(45(41)64-51)39-10-4-6-17-55-39/h4-18,20-28H,3,19H2,1-2H3,(H,60,71)(H,61,64)(H,63,65)(H,57,62,70)(H,58,67,69)(H,59,66,68). The average molecular weight is 933 g/mol. The highest BCUT2D eigenvalue weighted by atomic mass is 16.2. The smallest absolute Gasteiger partial charge is 0.227 e. The molecule has 0 saturated heterocycles. The normalized spacial score (nSPS) is 12.0. The number of rotatable bonds is 12. The molecule has 18 heteroatoms. The Kier molecular flexibility index (Phi) is 10.6. The lowest BCUT2D eigenvalue weighted by molar-refractivity contribution is -0.119. The van der Waals surface area contributed by atoms with Gasteiger partial charge in [-0.1, -0.05) is 50.2 Å². The number of benzene rings is 2. The molecule has 18 nitrogen and oxygen atoms in total. The summed E-state index contributed by atoms with van der Waals surface area (Å²) in [6.07, 6.45) is 12.8. The molecule has 6 N–H and O–H groups in total. The van der Waals surface area contributed by atoms with Crippen LogP contribution in [-0.2, 0) is 16.0 Å². The molecule has 0 aliphatic heterocycles. The minimum absolute atomic E-state index is 0.111. The van der Waals surface area contributed by atoms with E-state index < -0.39 is 5.92 Å². The van der Waals surface area contributed by atoms with Gasteiger partial charge in [-0.2, -0.15) is 10.2 Å². The highest BCUT2D eigenvalue weighted by Crippen LogP contribution is 2.36. The van der Waals surface area contributed by atoms with Gasteiger partial charge >= 0.3 is 0 Å². The summed E-state index contributed by atoms with van der Waals surface area (Å²) in [5.41, 5.74) is 13.5. The van der Waals surface area contributed by atoms with Crippen molar-refractivity contribution in [1.29, 1.82) is 0 Å². The molecule has 71 heavy (non-hydrogen) atoms. The van der Waals surface area contributed by atoms with Crippen LogP contribution in [0.1, 0.15) is 25.8 Å². The molecular formula is C53H40N16O2. The number of aromatic amines is 4. The molecule has 1 unspecified atom stereocenters. The van der Waals surface area contributed by atoms with E-state index in [-0.39, 0.29) is 11.8 Å². The maximum absolute atomic E-state index is 14.0. The van der Waals surface area contributed by atoms with E-state index >= 15 is 0 Å². The lowest BCUT2D eigenvalue weighted by atomic mass is 9.96. The number of nitrogens with zero attached hydrogens (tertiary/aromatic N) is 10. The first-order valence-corrected chi connectivity index (χ1v) is 22.9. The van der Waals surface area contributed by atoms with Crippen molar-refractivity contribution in [1.82, 2.24) is 70.2 Å². The van der Waals surface area contributed by atoms with Crippen LogP contribution in [0.4, 0.5) is 11.5 Å². The minimum atomic E-state index is -0.466. The number of pyridine rings is 6. The van der Waals surface area contributed by atoms with E-state index in [2.05, 4.69) is 70.9 Å². The number of carbonyl (C=O) groups excluding carboxylic acids is 2. The zero-order chi connectivity index (χ0) is 48.0. The number of amides is 2. The van der Waals surface area contributed by atoms with Gasteiger partial charge in [0.05, 0.1) is 56.1 Å². The molecule has 12 rings (SSSR count). The van der Waals surface area contributed by atoms with Crippen molar-refractivity contribution in [3.63, 3.8) is 0 Å². The number of hydrogen-bond donors (Lipinski definition) is 6. The van der Waals surface area contributed by atoms with E-state index in [1.165, 1.54) is 0 Å². The Bertz CT molecular complexity index is 3970. The third kappa shape index (κ3) is 8.03. The summed E-state index contributed by atoms with van der Waals surface area (Å²) >= 11 is 0. The predicted molar refractivity (Wildman–Crippen MR) is 271 cm³/mol. The predicted octanol–water partition coefficient (Wildman–Crippen LogP) is 9.73. The molecule has 2 aromatic carbocycles. The Morgan fingerprint density at radius 1 is 0.606 bits per heavy atom. The van der Waals surface area contributed by atoms with E-state index in [9.17, 15) is 9.59 Å². The van der Waals surface area contributed by atoms with Crippen LogP contribution in [0.25, 0.3) is 112 Å². The Labute approximate surface area is 403 Å². The van der Waals surface area contributed by atoms with Crippen LogP contribution in [0.3, 0.4) is 0 Å². The fourth-order valence-electron chi connectivity index (χ4n) is 8.74. The number of fused-ring (bicyclic) bond motifs is 4. The van der Waals surface area contributed by atoms with Gasteiger partial charge in [-0.05, 0) is 72.6 Å². The van der Waals surface area contributed by atoms with Crippen molar-refractivity contribution in [2.24, 2.45) is 5.92 Å². The number of imidazole rings is 2. The van der Waals surface area contributed by atoms with Gasteiger partial charge in [-0.25, -0.2) is 24.9 Å². The lowest BCUT2D eigenvalue weighted by Crippen LogP contribution is -2.22. The molecule has 0 spiro atoms. The molecule has 0 fully saturated rings. The molecule has 0 aliphatic carbocycles. The second-order valence-electron chi connectivity index (χ2n) is 17.1. The summed E-state index contributed by atoms with van der Waals surface area (Å²) in [6, 6.07) is 31.1. The second kappa shape index (κ2) is 17.7. The van der Waals surface area contributed by atoms with E-state index in [0.717, 1.165) is 77.7 Å². The number of carbonyl (C=O) groups is 2. The zero-order valence-corrected chi connectivity index (χ0v) is 38.1. The first kappa shape index (κ1) is 42.5. The molecule has 0 aliphatic rings. The fraction of sp³-hybridized carbons (Fsp3) is 0.0943. The summed E-state index contributed by atoms with van der Waals surface area (Å²) in [4.78, 5) is 70.5. The number of H-pyrrole nitrogens is 4. The number of nitrogens with one attached hydrogen (secondary N) is 6. The molecule has 2 amide bonds. The van der Waals surface area contributed by atoms with E-state index in [4.69, 9.17) is 9.97 Å². The van der Waals surface area contributed by atoms with Crippen molar-refractivity contribution >= 4 is 67.5 Å². The van der Waals surface area contributed by atoms with Crippen molar-refractivity contribution in [2.45, 2.75) is 26.7 Å². The summed E-state index contributed by atoms with van der Waals surface area (Å²) in [6.45, 7) is 3.68. The first-order chi connectivity index (χ1) is 34.8. The van der Waals surface area contributed by atoms with Crippen LogP contribution in [0.5, 0.6) is 0 Å². The van der Waals surface area contributed by atoms with Crippen LogP contribution in [0.2, 0.25) is 0 Å². The lowest BCUT2D eigenvalue weighted by Gasteiger charge is -2.14. The number of para-hydroxylation sites is 1. The molecule has 0 saturated carbocycles. The third-order valence-corrected chi connectivity index (χ3v) is 12.4.